The molecule has 51 heavy (non-hydrogen) atoms. The topological polar surface area (TPSA) is 0 Å². The first-order valence-electron chi connectivity index (χ1n) is 17.6. The maximum Gasteiger partial charge on any atom is 0.0434 e. The maximum absolute atomic E-state index is 2.37. The third-order valence-electron chi connectivity index (χ3n) is 10.8. The number of hydrogen-bond donors (Lipinski definition) is 0. The van der Waals surface area contributed by atoms with Crippen molar-refractivity contribution < 1.29 is 0 Å². The van der Waals surface area contributed by atoms with E-state index in [0.717, 1.165) is 0 Å². The van der Waals surface area contributed by atoms with Crippen LogP contribution in [0, 0.1) is 0 Å². The first-order valence-corrected chi connectivity index (χ1v) is 18.4. The summed E-state index contributed by atoms with van der Waals surface area (Å²) < 4.78 is 2.72. The summed E-state index contributed by atoms with van der Waals surface area (Å²) in [4.78, 5) is 0. The average molecular weight is 663 g/mol. The highest BCUT2D eigenvalue weighted by Gasteiger charge is 2.14. The van der Waals surface area contributed by atoms with Gasteiger partial charge in [-0.2, -0.15) is 0 Å². The molecule has 1 heterocycles. The van der Waals surface area contributed by atoms with Gasteiger partial charge in [-0.15, -0.1) is 11.3 Å². The van der Waals surface area contributed by atoms with E-state index in [9.17, 15) is 0 Å². The molecule has 0 N–H and O–H groups in total. The number of fused-ring (bicyclic) bond motifs is 11. The Morgan fingerprint density at radius 3 is 1.49 bits per heavy atom. The molecule has 0 saturated heterocycles. The van der Waals surface area contributed by atoms with Crippen LogP contribution in [0.5, 0.6) is 0 Å². The maximum atomic E-state index is 2.37. The van der Waals surface area contributed by atoms with Gasteiger partial charge in [-0.1, -0.05) is 158 Å². The number of rotatable bonds is 3. The summed E-state index contributed by atoms with van der Waals surface area (Å²) in [5.74, 6) is 0. The van der Waals surface area contributed by atoms with E-state index in [-0.39, 0.29) is 0 Å². The number of benzene rings is 10. The van der Waals surface area contributed by atoms with Crippen LogP contribution in [0.15, 0.2) is 182 Å². The molecule has 10 aromatic carbocycles. The van der Waals surface area contributed by atoms with Gasteiger partial charge in [-0.05, 0) is 112 Å². The summed E-state index contributed by atoms with van der Waals surface area (Å²) in [7, 11) is 0. The quantitative estimate of drug-likeness (QED) is 0.165. The third kappa shape index (κ3) is 4.52. The fourth-order valence-electron chi connectivity index (χ4n) is 8.22. The molecular formula is C50H30S. The largest absolute Gasteiger partial charge is 0.134 e. The normalized spacial score (nSPS) is 11.9. The van der Waals surface area contributed by atoms with Crippen molar-refractivity contribution in [3.05, 3.63) is 182 Å². The van der Waals surface area contributed by atoms with Crippen molar-refractivity contribution in [2.45, 2.75) is 0 Å². The molecule has 0 aliphatic rings. The Kier molecular flexibility index (Phi) is 6.22. The van der Waals surface area contributed by atoms with Crippen molar-refractivity contribution in [1.82, 2.24) is 0 Å². The van der Waals surface area contributed by atoms with Crippen LogP contribution in [0.4, 0.5) is 0 Å². The van der Waals surface area contributed by atoms with Crippen LogP contribution in [-0.2, 0) is 0 Å². The van der Waals surface area contributed by atoms with Crippen molar-refractivity contribution in [2.75, 3.05) is 0 Å². The Hall–Kier alpha value is -6.28. The van der Waals surface area contributed by atoms with Crippen molar-refractivity contribution in [2.24, 2.45) is 0 Å². The Bertz CT molecular complexity index is 3200. The number of thiophene rings is 1. The Morgan fingerprint density at radius 1 is 0.235 bits per heavy atom. The molecule has 236 valence electrons. The van der Waals surface area contributed by atoms with E-state index in [1.54, 1.807) is 0 Å². The van der Waals surface area contributed by atoms with Crippen molar-refractivity contribution in [1.29, 1.82) is 0 Å². The highest BCUT2D eigenvalue weighted by atomic mass is 32.1. The van der Waals surface area contributed by atoms with Gasteiger partial charge in [-0.25, -0.2) is 0 Å². The van der Waals surface area contributed by atoms with Crippen LogP contribution >= 0.6 is 11.3 Å². The Morgan fingerprint density at radius 2 is 0.725 bits per heavy atom. The molecular weight excluding hydrogens is 633 g/mol. The van der Waals surface area contributed by atoms with E-state index >= 15 is 0 Å². The molecule has 0 fully saturated rings. The summed E-state index contributed by atoms with van der Waals surface area (Å²) in [5, 5.41) is 15.6. The second-order valence-electron chi connectivity index (χ2n) is 13.7. The average Bonchev–Trinajstić information content (AvgIpc) is 3.60. The van der Waals surface area contributed by atoms with Crippen molar-refractivity contribution >= 4 is 85.4 Å². The zero-order valence-electron chi connectivity index (χ0n) is 27.7. The monoisotopic (exact) mass is 662 g/mol. The van der Waals surface area contributed by atoms with Gasteiger partial charge in [0.05, 0.1) is 0 Å². The van der Waals surface area contributed by atoms with Gasteiger partial charge >= 0.3 is 0 Å². The lowest BCUT2D eigenvalue weighted by atomic mass is 9.93. The van der Waals surface area contributed by atoms with Crippen LogP contribution < -0.4 is 0 Å². The van der Waals surface area contributed by atoms with E-state index in [4.69, 9.17) is 0 Å². The van der Waals surface area contributed by atoms with Crippen molar-refractivity contribution in [3.63, 3.8) is 0 Å². The molecule has 1 heteroatoms. The number of hydrogen-bond acceptors (Lipinski definition) is 1. The highest BCUT2D eigenvalue weighted by Crippen LogP contribution is 2.43. The van der Waals surface area contributed by atoms with Gasteiger partial charge in [0.1, 0.15) is 0 Å². The van der Waals surface area contributed by atoms with Gasteiger partial charge in [0.2, 0.25) is 0 Å². The summed E-state index contributed by atoms with van der Waals surface area (Å²) >= 11 is 1.92. The molecule has 0 bridgehead atoms. The van der Waals surface area contributed by atoms with Gasteiger partial charge in [0.25, 0.3) is 0 Å². The summed E-state index contributed by atoms with van der Waals surface area (Å²) in [6, 6.07) is 67.5. The first-order chi connectivity index (χ1) is 25.2. The SMILES string of the molecule is c1cc(-c2ccc3cc(-c4ccc5ccc6c7ccccc7ccc6c5c4)ccc3c2)cc(-c2cccc3c2sc2c4ccccc4ccc32)c1. The fraction of sp³-hybridized carbons (Fsp3) is 0. The second kappa shape index (κ2) is 11.1. The van der Waals surface area contributed by atoms with Crippen LogP contribution in [0.25, 0.3) is 107 Å². The summed E-state index contributed by atoms with van der Waals surface area (Å²) in [5.41, 5.74) is 7.49. The molecule has 11 aromatic rings. The van der Waals surface area contributed by atoms with E-state index in [0.29, 0.717) is 0 Å². The van der Waals surface area contributed by atoms with Gasteiger partial charge in [-0.3, -0.25) is 0 Å². The summed E-state index contributed by atoms with van der Waals surface area (Å²) in [6.45, 7) is 0. The first kappa shape index (κ1) is 28.5. The predicted molar refractivity (Wildman–Crippen MR) is 223 cm³/mol. The lowest BCUT2D eigenvalue weighted by Crippen LogP contribution is -1.85. The van der Waals surface area contributed by atoms with Crippen molar-refractivity contribution in [3.8, 4) is 33.4 Å². The van der Waals surface area contributed by atoms with Gasteiger partial charge < -0.3 is 0 Å². The lowest BCUT2D eigenvalue weighted by Gasteiger charge is -2.11. The van der Waals surface area contributed by atoms with Crippen LogP contribution in [0.1, 0.15) is 0 Å². The molecule has 0 aliphatic heterocycles. The Balaban J connectivity index is 0.969. The molecule has 0 radical (unpaired) electrons. The van der Waals surface area contributed by atoms with Gasteiger partial charge in [0, 0.05) is 20.2 Å². The third-order valence-corrected chi connectivity index (χ3v) is 12.1. The molecule has 0 saturated carbocycles. The van der Waals surface area contributed by atoms with Crippen LogP contribution in [-0.4, -0.2) is 0 Å². The molecule has 1 aromatic heterocycles. The van der Waals surface area contributed by atoms with Crippen LogP contribution in [0.3, 0.4) is 0 Å². The minimum absolute atomic E-state index is 1.23. The molecule has 0 nitrogen and oxygen atoms in total. The summed E-state index contributed by atoms with van der Waals surface area (Å²) in [6.07, 6.45) is 0. The minimum Gasteiger partial charge on any atom is -0.134 e. The lowest BCUT2D eigenvalue weighted by molar-refractivity contribution is 1.62. The van der Waals surface area contributed by atoms with Gasteiger partial charge in [0.15, 0.2) is 0 Å². The van der Waals surface area contributed by atoms with E-state index in [1.807, 2.05) is 11.3 Å². The Labute approximate surface area is 299 Å². The molecule has 0 aliphatic carbocycles. The fourth-order valence-corrected chi connectivity index (χ4v) is 9.59. The standard InChI is InChI=1S/C50H30S/c1-3-11-41-31(7-1)21-25-45-44(41)24-22-33-15-16-39(30-48(33)45)38-20-19-36-27-35(17-18-37(36)28-38)34-9-5-10-40(29-34)43-13-6-14-46-47-26-23-32-8-2-4-12-42(32)49(47)51-50(43)46/h1-30H. The van der Waals surface area contributed by atoms with Crippen LogP contribution in [0.2, 0.25) is 0 Å². The predicted octanol–water partition coefficient (Wildman–Crippen LogP) is 14.8. The smallest absolute Gasteiger partial charge is 0.0434 e. The minimum atomic E-state index is 1.23. The zero-order chi connectivity index (χ0) is 33.5. The molecule has 0 amide bonds. The molecule has 0 atom stereocenters. The van der Waals surface area contributed by atoms with E-state index in [1.165, 1.54) is 107 Å². The molecule has 0 spiro atoms. The van der Waals surface area contributed by atoms with E-state index in [2.05, 4.69) is 182 Å². The highest BCUT2D eigenvalue weighted by molar-refractivity contribution is 7.27. The van der Waals surface area contributed by atoms with E-state index < -0.39 is 0 Å². The zero-order valence-corrected chi connectivity index (χ0v) is 28.5. The molecule has 11 rings (SSSR count). The molecule has 0 unspecified atom stereocenters. The second-order valence-corrected chi connectivity index (χ2v) is 14.7.